The van der Waals surface area contributed by atoms with Crippen LogP contribution in [0.3, 0.4) is 0 Å². The molecule has 0 spiro atoms. The van der Waals surface area contributed by atoms with Crippen molar-refractivity contribution in [3.63, 3.8) is 0 Å². The lowest BCUT2D eigenvalue weighted by molar-refractivity contribution is 0.669. The quantitative estimate of drug-likeness (QED) is 0.172. The van der Waals surface area contributed by atoms with Crippen LogP contribution in [0.5, 0.6) is 0 Å². The molecule has 0 atom stereocenters. The van der Waals surface area contributed by atoms with Crippen molar-refractivity contribution < 1.29 is 8.83 Å². The number of aromatic nitrogens is 6. The predicted molar refractivity (Wildman–Crippen MR) is 337 cm³/mol. The van der Waals surface area contributed by atoms with E-state index in [0.717, 1.165) is 132 Å². The molecule has 0 aliphatic heterocycles. The highest BCUT2D eigenvalue weighted by Gasteiger charge is 2.25. The Bertz CT molecular complexity index is 5970. The van der Waals surface area contributed by atoms with Gasteiger partial charge in [0.25, 0.3) is 0 Å². The van der Waals surface area contributed by atoms with Gasteiger partial charge < -0.3 is 18.0 Å². The number of fused-ring (bicyclic) bond motifs is 19. The predicted octanol–water partition coefficient (Wildman–Crippen LogP) is 19.5. The number of para-hydroxylation sites is 7. The van der Waals surface area contributed by atoms with Gasteiger partial charge in [0, 0.05) is 93.5 Å². The number of rotatable bonds is 5. The molecule has 0 bridgehead atoms. The Morgan fingerprint density at radius 2 is 0.659 bits per heavy atom. The van der Waals surface area contributed by atoms with E-state index in [1.807, 2.05) is 24.3 Å². The van der Waals surface area contributed by atoms with Crippen molar-refractivity contribution in [2.45, 2.75) is 0 Å². The fourth-order valence-corrected chi connectivity index (χ4v) is 13.8. The highest BCUT2D eigenvalue weighted by molar-refractivity contribution is 6.20. The molecule has 0 amide bonds. The number of furan rings is 2. The van der Waals surface area contributed by atoms with Gasteiger partial charge in [-0.05, 0) is 114 Å². The molecule has 12 aromatic carbocycles. The van der Waals surface area contributed by atoms with Crippen LogP contribution in [0.2, 0.25) is 0 Å². The molecule has 0 aliphatic rings. The Hall–Kier alpha value is -11.2. The molecule has 0 N–H and O–H groups in total. The number of hydrogen-bond donors (Lipinski definition) is 0. The standard InChI is InChI=1S/C74H42N6O2/c1-2-16-45(17-3-1)77-61-24-10-4-18-47(61)53-36-43(30-34-65(53)77)44-31-35-66-54(37-44)48-19-5-11-25-62(48)78(66)46-32-33-60-59(38-46)73(79-63-26-12-6-20-49(63)55-39-57-51-22-8-14-28-69(51)81-71(57)41-67(55)79)76-74(75-60)80-64-27-13-7-21-50(64)56-40-58-52-23-9-15-29-70(52)82-72(58)42-68(56)80/h1-42H. The van der Waals surface area contributed by atoms with E-state index in [0.29, 0.717) is 5.95 Å². The van der Waals surface area contributed by atoms with E-state index in [9.17, 15) is 0 Å². The van der Waals surface area contributed by atoms with Gasteiger partial charge in [0.2, 0.25) is 5.95 Å². The monoisotopic (exact) mass is 1050 g/mol. The molecular formula is C74H42N6O2. The first-order valence-corrected chi connectivity index (χ1v) is 27.8. The molecule has 0 unspecified atom stereocenters. The summed E-state index contributed by atoms with van der Waals surface area (Å²) in [4.78, 5) is 11.4. The lowest BCUT2D eigenvalue weighted by Gasteiger charge is -2.16. The van der Waals surface area contributed by atoms with Crippen LogP contribution in [0.15, 0.2) is 264 Å². The summed E-state index contributed by atoms with van der Waals surface area (Å²) in [7, 11) is 0. The van der Waals surface area contributed by atoms with E-state index in [1.54, 1.807) is 0 Å². The zero-order valence-corrected chi connectivity index (χ0v) is 43.7. The molecule has 7 heterocycles. The van der Waals surface area contributed by atoms with Gasteiger partial charge >= 0.3 is 0 Å². The van der Waals surface area contributed by atoms with E-state index in [1.165, 1.54) is 38.1 Å². The van der Waals surface area contributed by atoms with Crippen LogP contribution < -0.4 is 0 Å². The first-order chi connectivity index (χ1) is 40.6. The maximum Gasteiger partial charge on any atom is 0.237 e. The molecule has 0 fully saturated rings. The van der Waals surface area contributed by atoms with Crippen LogP contribution in [-0.4, -0.2) is 28.2 Å². The van der Waals surface area contributed by atoms with Crippen molar-refractivity contribution in [2.75, 3.05) is 0 Å². The van der Waals surface area contributed by atoms with Gasteiger partial charge in [-0.25, -0.2) is 4.98 Å². The van der Waals surface area contributed by atoms with Gasteiger partial charge in [-0.2, -0.15) is 4.98 Å². The van der Waals surface area contributed by atoms with Gasteiger partial charge in [0.1, 0.15) is 22.3 Å². The molecule has 8 nitrogen and oxygen atoms in total. The summed E-state index contributed by atoms with van der Waals surface area (Å²) < 4.78 is 22.5. The summed E-state index contributed by atoms with van der Waals surface area (Å²) in [6, 6.07) is 91.4. The Morgan fingerprint density at radius 1 is 0.232 bits per heavy atom. The molecule has 8 heteroatoms. The van der Waals surface area contributed by atoms with E-state index >= 15 is 0 Å². The Kier molecular flexibility index (Phi) is 8.63. The van der Waals surface area contributed by atoms with E-state index in [4.69, 9.17) is 18.8 Å². The second-order valence-electron chi connectivity index (χ2n) is 21.7. The first kappa shape index (κ1) is 43.7. The highest BCUT2D eigenvalue weighted by atomic mass is 16.3. The van der Waals surface area contributed by atoms with Gasteiger partial charge in [-0.3, -0.25) is 9.13 Å². The zero-order valence-electron chi connectivity index (χ0n) is 43.7. The fourth-order valence-electron chi connectivity index (χ4n) is 13.8. The Balaban J connectivity index is 0.857. The molecular weight excluding hydrogens is 1000 g/mol. The first-order valence-electron chi connectivity index (χ1n) is 27.8. The van der Waals surface area contributed by atoms with Crippen molar-refractivity contribution in [3.05, 3.63) is 255 Å². The van der Waals surface area contributed by atoms with Gasteiger partial charge in [-0.15, -0.1) is 0 Å². The van der Waals surface area contributed by atoms with Crippen molar-refractivity contribution in [1.82, 2.24) is 28.2 Å². The minimum atomic E-state index is 0.555. The third-order valence-corrected chi connectivity index (χ3v) is 17.4. The van der Waals surface area contributed by atoms with Gasteiger partial charge in [0.15, 0.2) is 5.82 Å². The van der Waals surface area contributed by atoms with Gasteiger partial charge in [-0.1, -0.05) is 140 Å². The minimum absolute atomic E-state index is 0.555. The van der Waals surface area contributed by atoms with Crippen LogP contribution in [0.4, 0.5) is 0 Å². The summed E-state index contributed by atoms with van der Waals surface area (Å²) in [6.45, 7) is 0. The zero-order chi connectivity index (χ0) is 53.3. The number of nitrogens with zero attached hydrogens (tertiary/aromatic N) is 6. The second-order valence-corrected chi connectivity index (χ2v) is 21.7. The van der Waals surface area contributed by atoms with E-state index in [-0.39, 0.29) is 0 Å². The molecule has 380 valence electrons. The molecule has 0 saturated carbocycles. The molecule has 82 heavy (non-hydrogen) atoms. The Labute approximate surface area is 465 Å². The number of hydrogen-bond acceptors (Lipinski definition) is 4. The lowest BCUT2D eigenvalue weighted by Crippen LogP contribution is -2.08. The smallest absolute Gasteiger partial charge is 0.237 e. The molecule has 7 aromatic heterocycles. The van der Waals surface area contributed by atoms with Crippen molar-refractivity contribution in [2.24, 2.45) is 0 Å². The van der Waals surface area contributed by atoms with Crippen molar-refractivity contribution >= 4 is 142 Å². The average molecular weight is 1050 g/mol. The van der Waals surface area contributed by atoms with E-state index in [2.05, 4.69) is 249 Å². The third-order valence-electron chi connectivity index (χ3n) is 17.4. The van der Waals surface area contributed by atoms with Crippen LogP contribution in [-0.2, 0) is 0 Å². The second kappa shape index (κ2) is 16.2. The average Bonchev–Trinajstić information content (AvgIpc) is 3.88. The van der Waals surface area contributed by atoms with Crippen LogP contribution in [0.25, 0.3) is 176 Å². The summed E-state index contributed by atoms with van der Waals surface area (Å²) in [5.74, 6) is 1.31. The van der Waals surface area contributed by atoms with Gasteiger partial charge in [0.05, 0.1) is 49.7 Å². The minimum Gasteiger partial charge on any atom is -0.456 e. The summed E-state index contributed by atoms with van der Waals surface area (Å²) >= 11 is 0. The molecule has 19 aromatic rings. The Morgan fingerprint density at radius 3 is 1.21 bits per heavy atom. The molecule has 0 aliphatic carbocycles. The molecule has 0 radical (unpaired) electrons. The normalized spacial score (nSPS) is 12.4. The maximum absolute atomic E-state index is 6.65. The van der Waals surface area contributed by atoms with Crippen LogP contribution in [0, 0.1) is 0 Å². The lowest BCUT2D eigenvalue weighted by atomic mass is 10.0. The molecule has 19 rings (SSSR count). The van der Waals surface area contributed by atoms with E-state index < -0.39 is 0 Å². The van der Waals surface area contributed by atoms with Crippen molar-refractivity contribution in [1.29, 1.82) is 0 Å². The molecule has 0 saturated heterocycles. The van der Waals surface area contributed by atoms with Crippen molar-refractivity contribution in [3.8, 4) is 34.3 Å². The summed E-state index contributed by atoms with van der Waals surface area (Å²) in [6.07, 6.45) is 0. The third kappa shape index (κ3) is 5.98. The highest BCUT2D eigenvalue weighted by Crippen LogP contribution is 2.44. The SMILES string of the molecule is c1ccc(-n2c3ccccc3c3cc(-c4ccc5c(c4)c4ccccc4n5-c4ccc5nc(-n6c7ccccc7c7cc8c(cc76)oc6ccccc68)nc(-n6c7ccccc7c7cc8c(cc76)oc6ccccc68)c5c4)ccc32)cc1. The summed E-state index contributed by atoms with van der Waals surface area (Å²) in [5, 5.41) is 14.5. The maximum atomic E-state index is 6.65. The van der Waals surface area contributed by atoms with Crippen LogP contribution in [0.1, 0.15) is 0 Å². The van der Waals surface area contributed by atoms with Crippen LogP contribution >= 0.6 is 0 Å². The summed E-state index contributed by atoms with van der Waals surface area (Å²) in [5.41, 5.74) is 17.2. The largest absolute Gasteiger partial charge is 0.456 e. The fraction of sp³-hybridized carbons (Fsp3) is 0. The topological polar surface area (TPSA) is 71.8 Å². The number of benzene rings is 12.